The zero-order valence-corrected chi connectivity index (χ0v) is 12.4. The van der Waals surface area contributed by atoms with Gasteiger partial charge in [-0.05, 0) is 28.4 Å². The van der Waals surface area contributed by atoms with E-state index in [1.807, 2.05) is 4.52 Å². The van der Waals surface area contributed by atoms with Crippen molar-refractivity contribution >= 4 is 27.3 Å². The number of hydrogen-bond donors (Lipinski definition) is 1. The molecule has 1 saturated heterocycles. The van der Waals surface area contributed by atoms with Crippen molar-refractivity contribution < 1.29 is 4.74 Å². The number of aromatic nitrogens is 3. The van der Waals surface area contributed by atoms with Crippen LogP contribution in [0.3, 0.4) is 0 Å². The Kier molecular flexibility index (Phi) is 3.42. The molecule has 0 unspecified atom stereocenters. The highest BCUT2D eigenvalue weighted by Crippen LogP contribution is 2.30. The summed E-state index contributed by atoms with van der Waals surface area (Å²) in [4.78, 5) is 6.42. The monoisotopic (exact) mass is 325 g/mol. The van der Waals surface area contributed by atoms with Crippen LogP contribution in [0.25, 0.3) is 5.52 Å². The van der Waals surface area contributed by atoms with Gasteiger partial charge in [0.05, 0.1) is 23.4 Å². The SMILES string of the molecule is Cc1c(Br)c2c(N)ncnn2c1CN1CCOCC1. The van der Waals surface area contributed by atoms with Crippen molar-refractivity contribution in [2.75, 3.05) is 32.0 Å². The van der Waals surface area contributed by atoms with Gasteiger partial charge in [-0.25, -0.2) is 9.50 Å². The summed E-state index contributed by atoms with van der Waals surface area (Å²) in [5, 5.41) is 4.33. The van der Waals surface area contributed by atoms with Crippen molar-refractivity contribution in [2.24, 2.45) is 0 Å². The molecule has 102 valence electrons. The summed E-state index contributed by atoms with van der Waals surface area (Å²) in [6.07, 6.45) is 1.50. The molecule has 2 aromatic heterocycles. The molecule has 3 heterocycles. The van der Waals surface area contributed by atoms with Crippen molar-refractivity contribution in [3.63, 3.8) is 0 Å². The molecule has 0 amide bonds. The maximum absolute atomic E-state index is 5.94. The average molecular weight is 326 g/mol. The second-order valence-corrected chi connectivity index (χ2v) is 5.47. The first kappa shape index (κ1) is 12.8. The van der Waals surface area contributed by atoms with Crippen LogP contribution >= 0.6 is 15.9 Å². The molecule has 0 spiro atoms. The smallest absolute Gasteiger partial charge is 0.152 e. The van der Waals surface area contributed by atoms with Crippen LogP contribution in [0.5, 0.6) is 0 Å². The Hall–Kier alpha value is -1.18. The average Bonchev–Trinajstić information content (AvgIpc) is 2.66. The molecule has 0 radical (unpaired) electrons. The van der Waals surface area contributed by atoms with E-state index in [-0.39, 0.29) is 0 Å². The molecule has 1 aliphatic heterocycles. The van der Waals surface area contributed by atoms with Gasteiger partial charge in [-0.3, -0.25) is 4.90 Å². The number of nitrogen functional groups attached to an aromatic ring is 1. The van der Waals surface area contributed by atoms with Gasteiger partial charge in [0, 0.05) is 19.6 Å². The van der Waals surface area contributed by atoms with E-state index in [4.69, 9.17) is 10.5 Å². The highest BCUT2D eigenvalue weighted by molar-refractivity contribution is 9.10. The van der Waals surface area contributed by atoms with Gasteiger partial charge < -0.3 is 10.5 Å². The van der Waals surface area contributed by atoms with Crippen molar-refractivity contribution in [3.05, 3.63) is 22.1 Å². The Bertz CT molecular complexity index is 606. The summed E-state index contributed by atoms with van der Waals surface area (Å²) in [5.41, 5.74) is 9.10. The van der Waals surface area contributed by atoms with E-state index in [0.29, 0.717) is 5.82 Å². The minimum atomic E-state index is 0.498. The van der Waals surface area contributed by atoms with Crippen molar-refractivity contribution in [3.8, 4) is 0 Å². The van der Waals surface area contributed by atoms with E-state index in [1.165, 1.54) is 11.9 Å². The third kappa shape index (κ3) is 2.22. The van der Waals surface area contributed by atoms with Crippen LogP contribution in [0.4, 0.5) is 5.82 Å². The van der Waals surface area contributed by atoms with Crippen molar-refractivity contribution in [2.45, 2.75) is 13.5 Å². The zero-order chi connectivity index (χ0) is 13.4. The lowest BCUT2D eigenvalue weighted by Crippen LogP contribution is -2.36. The summed E-state index contributed by atoms with van der Waals surface area (Å²) < 4.78 is 8.24. The summed E-state index contributed by atoms with van der Waals surface area (Å²) in [7, 11) is 0. The minimum Gasteiger partial charge on any atom is -0.382 e. The maximum Gasteiger partial charge on any atom is 0.152 e. The van der Waals surface area contributed by atoms with Gasteiger partial charge >= 0.3 is 0 Å². The van der Waals surface area contributed by atoms with Gasteiger partial charge in [-0.15, -0.1) is 0 Å². The fourth-order valence-corrected chi connectivity index (χ4v) is 3.00. The van der Waals surface area contributed by atoms with Crippen molar-refractivity contribution in [1.29, 1.82) is 0 Å². The number of nitrogens with zero attached hydrogens (tertiary/aromatic N) is 4. The van der Waals surface area contributed by atoms with E-state index in [0.717, 1.165) is 48.5 Å². The van der Waals surface area contributed by atoms with Gasteiger partial charge in [0.1, 0.15) is 11.8 Å². The summed E-state index contributed by atoms with van der Waals surface area (Å²) >= 11 is 3.59. The van der Waals surface area contributed by atoms with Crippen LogP contribution < -0.4 is 5.73 Å². The summed E-state index contributed by atoms with van der Waals surface area (Å²) in [5.74, 6) is 0.498. The Morgan fingerprint density at radius 1 is 1.42 bits per heavy atom. The van der Waals surface area contributed by atoms with E-state index in [2.05, 4.69) is 37.8 Å². The Morgan fingerprint density at radius 2 is 2.16 bits per heavy atom. The molecule has 0 bridgehead atoms. The second-order valence-electron chi connectivity index (χ2n) is 4.68. The first-order chi connectivity index (χ1) is 9.18. The minimum absolute atomic E-state index is 0.498. The van der Waals surface area contributed by atoms with Crippen LogP contribution in [0.2, 0.25) is 0 Å². The molecule has 1 fully saturated rings. The fraction of sp³-hybridized carbons (Fsp3) is 0.500. The molecule has 7 heteroatoms. The van der Waals surface area contributed by atoms with Gasteiger partial charge in [-0.1, -0.05) is 0 Å². The molecule has 2 N–H and O–H groups in total. The van der Waals surface area contributed by atoms with Crippen LogP contribution in [-0.4, -0.2) is 45.8 Å². The van der Waals surface area contributed by atoms with Gasteiger partial charge in [0.15, 0.2) is 5.82 Å². The lowest BCUT2D eigenvalue weighted by Gasteiger charge is -2.26. The third-order valence-corrected chi connectivity index (χ3v) is 4.49. The van der Waals surface area contributed by atoms with E-state index in [1.54, 1.807) is 0 Å². The lowest BCUT2D eigenvalue weighted by molar-refractivity contribution is 0.0333. The largest absolute Gasteiger partial charge is 0.382 e. The van der Waals surface area contributed by atoms with E-state index in [9.17, 15) is 0 Å². The van der Waals surface area contributed by atoms with E-state index >= 15 is 0 Å². The molecule has 1 aliphatic rings. The number of fused-ring (bicyclic) bond motifs is 1. The van der Waals surface area contributed by atoms with Crippen LogP contribution in [0, 0.1) is 6.92 Å². The second kappa shape index (κ2) is 5.07. The van der Waals surface area contributed by atoms with Gasteiger partial charge in [0.2, 0.25) is 0 Å². The number of ether oxygens (including phenoxy) is 1. The fourth-order valence-electron chi connectivity index (χ4n) is 2.40. The molecule has 0 saturated carbocycles. The highest BCUT2D eigenvalue weighted by Gasteiger charge is 2.20. The first-order valence-corrected chi connectivity index (χ1v) is 7.04. The Balaban J connectivity index is 2.03. The molecule has 3 rings (SSSR count). The Labute approximate surface area is 119 Å². The molecule has 6 nitrogen and oxygen atoms in total. The quantitative estimate of drug-likeness (QED) is 0.899. The number of halogens is 1. The molecule has 19 heavy (non-hydrogen) atoms. The van der Waals surface area contributed by atoms with Crippen LogP contribution in [0.1, 0.15) is 11.3 Å². The Morgan fingerprint density at radius 3 is 2.89 bits per heavy atom. The van der Waals surface area contributed by atoms with E-state index < -0.39 is 0 Å². The normalized spacial score (nSPS) is 17.2. The number of morpholine rings is 1. The number of anilines is 1. The first-order valence-electron chi connectivity index (χ1n) is 6.24. The van der Waals surface area contributed by atoms with Crippen molar-refractivity contribution in [1.82, 2.24) is 19.5 Å². The zero-order valence-electron chi connectivity index (χ0n) is 10.8. The highest BCUT2D eigenvalue weighted by atomic mass is 79.9. The predicted octanol–water partition coefficient (Wildman–Crippen LogP) is 1.21. The number of rotatable bonds is 2. The van der Waals surface area contributed by atoms with Crippen LogP contribution in [0.15, 0.2) is 10.8 Å². The standard InChI is InChI=1S/C12H16BrN5O/c1-8-9(6-17-2-4-19-5-3-17)18-11(10(8)13)12(14)15-7-16-18/h7H,2-6H2,1H3,(H2,14,15,16). The molecule has 0 atom stereocenters. The predicted molar refractivity (Wildman–Crippen MR) is 75.9 cm³/mol. The molecule has 0 aromatic carbocycles. The summed E-state index contributed by atoms with van der Waals surface area (Å²) in [6, 6.07) is 0. The summed E-state index contributed by atoms with van der Waals surface area (Å²) in [6.45, 7) is 6.41. The molecule has 0 aliphatic carbocycles. The molecule has 2 aromatic rings. The number of hydrogen-bond acceptors (Lipinski definition) is 5. The van der Waals surface area contributed by atoms with Crippen LogP contribution in [-0.2, 0) is 11.3 Å². The maximum atomic E-state index is 5.94. The van der Waals surface area contributed by atoms with Gasteiger partial charge in [-0.2, -0.15) is 5.10 Å². The van der Waals surface area contributed by atoms with Gasteiger partial charge in [0.25, 0.3) is 0 Å². The lowest BCUT2D eigenvalue weighted by atomic mass is 10.2. The number of nitrogens with two attached hydrogens (primary N) is 1. The molecular formula is C12H16BrN5O. The third-order valence-electron chi connectivity index (χ3n) is 3.52. The molecular weight excluding hydrogens is 310 g/mol. The topological polar surface area (TPSA) is 68.7 Å².